The van der Waals surface area contributed by atoms with Crippen LogP contribution in [0.5, 0.6) is 0 Å². The maximum absolute atomic E-state index is 14.3. The van der Waals surface area contributed by atoms with Crippen molar-refractivity contribution in [2.45, 2.75) is 51.4 Å². The van der Waals surface area contributed by atoms with Crippen LogP contribution in [-0.4, -0.2) is 45.2 Å². The largest absolute Gasteiger partial charge is 0.342 e. The van der Waals surface area contributed by atoms with Crippen LogP contribution in [0.3, 0.4) is 0 Å². The van der Waals surface area contributed by atoms with E-state index in [1.54, 1.807) is 11.0 Å². The first-order chi connectivity index (χ1) is 15.5. The van der Waals surface area contributed by atoms with Crippen molar-refractivity contribution in [1.29, 1.82) is 0 Å². The Bertz CT molecular complexity index is 1100. The summed E-state index contributed by atoms with van der Waals surface area (Å²) in [6, 6.07) is 10.6. The van der Waals surface area contributed by atoms with E-state index in [4.69, 9.17) is 15.8 Å². The molecule has 0 bridgehead atoms. The Morgan fingerprint density at radius 3 is 2.61 bits per heavy atom. The molecule has 0 aliphatic carbocycles. The fraction of sp³-hybridized carbons (Fsp3) is 0.480. The van der Waals surface area contributed by atoms with Gasteiger partial charge < -0.3 is 4.90 Å². The predicted molar refractivity (Wildman–Crippen MR) is 129 cm³/mol. The lowest BCUT2D eigenvalue weighted by Crippen LogP contribution is -2.44. The Morgan fingerprint density at radius 1 is 1.18 bits per heavy atom. The molecule has 0 N–H and O–H groups in total. The molecule has 1 amide bonds. The van der Waals surface area contributed by atoms with E-state index < -0.39 is 21.4 Å². The molecule has 1 atom stereocenters. The first kappa shape index (κ1) is 25.7. The number of hydrogen-bond acceptors (Lipinski definition) is 4. The third kappa shape index (κ3) is 6.55. The van der Waals surface area contributed by atoms with Crippen LogP contribution in [0, 0.1) is 19.7 Å². The average molecular weight is 496 g/mol. The van der Waals surface area contributed by atoms with Gasteiger partial charge in [0, 0.05) is 29.1 Å². The molecule has 8 heteroatoms. The minimum atomic E-state index is -3.57. The molecule has 1 aliphatic heterocycles. The molecule has 0 spiro atoms. The highest BCUT2D eigenvalue weighted by molar-refractivity contribution is 7.85. The normalized spacial score (nSPS) is 19.4. The number of benzene rings is 2. The fourth-order valence-electron chi connectivity index (χ4n) is 4.51. The van der Waals surface area contributed by atoms with Gasteiger partial charge in [0.15, 0.2) is 0 Å². The SMILES string of the molecule is Cc1ccc([C@@]2(CCOS(C)(=O)=O)CCCCN(C(=O)Cc3c(F)cccc3Cl)C2)cc1C. The van der Waals surface area contributed by atoms with Crippen LogP contribution in [0.1, 0.15) is 47.9 Å². The predicted octanol–water partition coefficient (Wildman–Crippen LogP) is 4.96. The second-order valence-electron chi connectivity index (χ2n) is 9.00. The summed E-state index contributed by atoms with van der Waals surface area (Å²) in [5, 5.41) is 0.236. The number of aryl methyl sites for hydroxylation is 2. The minimum Gasteiger partial charge on any atom is -0.342 e. The van der Waals surface area contributed by atoms with E-state index in [2.05, 4.69) is 18.2 Å². The van der Waals surface area contributed by atoms with E-state index in [1.807, 2.05) is 13.8 Å². The van der Waals surface area contributed by atoms with Gasteiger partial charge in [0.05, 0.1) is 19.3 Å². The molecule has 0 radical (unpaired) electrons. The van der Waals surface area contributed by atoms with Gasteiger partial charge in [0.1, 0.15) is 5.82 Å². The zero-order chi connectivity index (χ0) is 24.2. The monoisotopic (exact) mass is 495 g/mol. The number of hydrogen-bond donors (Lipinski definition) is 0. The van der Waals surface area contributed by atoms with Gasteiger partial charge in [-0.2, -0.15) is 8.42 Å². The fourth-order valence-corrected chi connectivity index (χ4v) is 5.13. The van der Waals surface area contributed by atoms with Gasteiger partial charge in [-0.3, -0.25) is 8.98 Å². The summed E-state index contributed by atoms with van der Waals surface area (Å²) in [5.41, 5.74) is 3.10. The molecular formula is C25H31ClFNO4S. The smallest absolute Gasteiger partial charge is 0.264 e. The Labute approximate surface area is 201 Å². The highest BCUT2D eigenvalue weighted by Crippen LogP contribution is 2.38. The summed E-state index contributed by atoms with van der Waals surface area (Å²) in [5.74, 6) is -0.686. The minimum absolute atomic E-state index is 0.0347. The first-order valence-electron chi connectivity index (χ1n) is 11.1. The molecule has 2 aromatic rings. The van der Waals surface area contributed by atoms with Crippen LogP contribution < -0.4 is 0 Å². The van der Waals surface area contributed by atoms with Crippen LogP contribution in [0.15, 0.2) is 36.4 Å². The quantitative estimate of drug-likeness (QED) is 0.509. The molecule has 2 aromatic carbocycles. The first-order valence-corrected chi connectivity index (χ1v) is 13.3. The van der Waals surface area contributed by atoms with E-state index in [0.717, 1.165) is 42.2 Å². The van der Waals surface area contributed by atoms with Gasteiger partial charge in [-0.1, -0.05) is 42.3 Å². The number of carbonyl (C=O) groups excluding carboxylic acids is 1. The molecule has 1 fully saturated rings. The Kier molecular flexibility index (Phi) is 8.19. The van der Waals surface area contributed by atoms with E-state index in [0.29, 0.717) is 19.5 Å². The van der Waals surface area contributed by atoms with Crippen molar-refractivity contribution in [3.63, 3.8) is 0 Å². The average Bonchev–Trinajstić information content (AvgIpc) is 2.95. The summed E-state index contributed by atoms with van der Waals surface area (Å²) >= 11 is 6.16. The van der Waals surface area contributed by atoms with Crippen LogP contribution in [-0.2, 0) is 30.9 Å². The van der Waals surface area contributed by atoms with Crippen molar-refractivity contribution in [2.24, 2.45) is 0 Å². The van der Waals surface area contributed by atoms with E-state index in [-0.39, 0.29) is 29.5 Å². The number of amides is 1. The van der Waals surface area contributed by atoms with Crippen molar-refractivity contribution in [2.75, 3.05) is 26.0 Å². The van der Waals surface area contributed by atoms with Crippen LogP contribution >= 0.6 is 11.6 Å². The molecule has 0 unspecified atom stereocenters. The second-order valence-corrected chi connectivity index (χ2v) is 11.1. The lowest BCUT2D eigenvalue weighted by atomic mass is 9.73. The third-order valence-corrected chi connectivity index (χ3v) is 7.52. The van der Waals surface area contributed by atoms with Gasteiger partial charge >= 0.3 is 0 Å². The number of carbonyl (C=O) groups is 1. The van der Waals surface area contributed by atoms with Crippen LogP contribution in [0.2, 0.25) is 5.02 Å². The van der Waals surface area contributed by atoms with Crippen molar-refractivity contribution < 1.29 is 21.8 Å². The van der Waals surface area contributed by atoms with Gasteiger partial charge in [-0.05, 0) is 61.9 Å². The Morgan fingerprint density at radius 2 is 1.94 bits per heavy atom. The number of nitrogens with zero attached hydrogens (tertiary/aromatic N) is 1. The molecule has 0 saturated carbocycles. The molecule has 3 rings (SSSR count). The van der Waals surface area contributed by atoms with Gasteiger partial charge in [-0.15, -0.1) is 0 Å². The van der Waals surface area contributed by atoms with E-state index in [1.165, 1.54) is 12.1 Å². The third-order valence-electron chi connectivity index (χ3n) is 6.57. The molecular weight excluding hydrogens is 465 g/mol. The number of likely N-dealkylation sites (tertiary alicyclic amines) is 1. The van der Waals surface area contributed by atoms with Gasteiger partial charge in [0.2, 0.25) is 5.91 Å². The summed E-state index contributed by atoms with van der Waals surface area (Å²) in [4.78, 5) is 15.0. The van der Waals surface area contributed by atoms with Crippen molar-refractivity contribution in [3.05, 3.63) is 69.5 Å². The standard InChI is InChI=1S/C25H31ClFNO4S/c1-18-9-10-20(15-19(18)2)25(12-14-32-33(3,30)31)11-4-5-13-28(17-25)24(29)16-21-22(26)7-6-8-23(21)27/h6-10,15H,4-5,11-14,16-17H2,1-3H3/t25-/m1/s1. The van der Waals surface area contributed by atoms with Gasteiger partial charge in [-0.25, -0.2) is 4.39 Å². The molecule has 1 aliphatic rings. The summed E-state index contributed by atoms with van der Waals surface area (Å²) in [7, 11) is -3.57. The highest BCUT2D eigenvalue weighted by atomic mass is 35.5. The summed E-state index contributed by atoms with van der Waals surface area (Å²) in [6.07, 6.45) is 3.87. The van der Waals surface area contributed by atoms with Gasteiger partial charge in [0.25, 0.3) is 10.1 Å². The summed E-state index contributed by atoms with van der Waals surface area (Å²) in [6.45, 7) is 5.09. The molecule has 180 valence electrons. The number of halogens is 2. The molecule has 1 saturated heterocycles. The lowest BCUT2D eigenvalue weighted by molar-refractivity contribution is -0.131. The maximum atomic E-state index is 14.3. The highest BCUT2D eigenvalue weighted by Gasteiger charge is 2.37. The Hall–Kier alpha value is -1.96. The molecule has 1 heterocycles. The zero-order valence-electron chi connectivity index (χ0n) is 19.4. The van der Waals surface area contributed by atoms with Crippen LogP contribution in [0.4, 0.5) is 4.39 Å². The summed E-state index contributed by atoms with van der Waals surface area (Å²) < 4.78 is 42.6. The lowest BCUT2D eigenvalue weighted by Gasteiger charge is -2.37. The van der Waals surface area contributed by atoms with Crippen molar-refractivity contribution in [1.82, 2.24) is 4.90 Å². The van der Waals surface area contributed by atoms with Crippen molar-refractivity contribution in [3.8, 4) is 0 Å². The second kappa shape index (κ2) is 10.5. The maximum Gasteiger partial charge on any atom is 0.264 e. The van der Waals surface area contributed by atoms with Crippen LogP contribution in [0.25, 0.3) is 0 Å². The topological polar surface area (TPSA) is 63.7 Å². The molecule has 0 aromatic heterocycles. The number of rotatable bonds is 7. The van der Waals surface area contributed by atoms with E-state index >= 15 is 0 Å². The Balaban J connectivity index is 1.92. The molecule has 33 heavy (non-hydrogen) atoms. The zero-order valence-corrected chi connectivity index (χ0v) is 20.9. The molecule has 5 nitrogen and oxygen atoms in total. The van der Waals surface area contributed by atoms with E-state index in [9.17, 15) is 17.6 Å². The van der Waals surface area contributed by atoms with Crippen molar-refractivity contribution >= 4 is 27.6 Å².